The average molecular weight is 416 g/mol. The van der Waals surface area contributed by atoms with E-state index in [9.17, 15) is 22.6 Å². The Morgan fingerprint density at radius 1 is 1.04 bits per heavy atom. The Morgan fingerprint density at radius 3 is 2.04 bits per heavy atom. The van der Waals surface area contributed by atoms with Crippen molar-refractivity contribution >= 4 is 22.1 Å². The fourth-order valence-electron chi connectivity index (χ4n) is 2.14. The van der Waals surface area contributed by atoms with Crippen LogP contribution in [0.2, 0.25) is 0 Å². The van der Waals surface area contributed by atoms with Gasteiger partial charge in [-0.3, -0.25) is 4.55 Å². The molecule has 0 amide bonds. The normalized spacial score (nSPS) is 10.5. The van der Waals surface area contributed by atoms with Crippen molar-refractivity contribution in [2.24, 2.45) is 0 Å². The molecular weight excluding hydrogens is 399 g/mol. The molecule has 2 aromatic carbocycles. The molecule has 0 spiro atoms. The monoisotopic (exact) mass is 416 g/mol. The summed E-state index contributed by atoms with van der Waals surface area (Å²) in [6, 6.07) is 10.1. The van der Waals surface area contributed by atoms with Gasteiger partial charge in [0.1, 0.15) is 5.75 Å². The van der Waals surface area contributed by atoms with Gasteiger partial charge in [0, 0.05) is 10.6 Å². The molecule has 0 heterocycles. The van der Waals surface area contributed by atoms with Crippen molar-refractivity contribution in [1.82, 2.24) is 0 Å². The zero-order chi connectivity index (χ0) is 20.0. The van der Waals surface area contributed by atoms with Gasteiger partial charge >= 0.3 is 41.5 Å². The van der Waals surface area contributed by atoms with E-state index in [1.165, 1.54) is 30.3 Å². The van der Waals surface area contributed by atoms with Gasteiger partial charge in [-0.05, 0) is 32.0 Å². The topological polar surface area (TPSA) is 116 Å². The maximum Gasteiger partial charge on any atom is 1.00 e. The van der Waals surface area contributed by atoms with Crippen molar-refractivity contribution < 1.29 is 66.3 Å². The van der Waals surface area contributed by atoms with E-state index in [1.807, 2.05) is 0 Å². The predicted octanol–water partition coefficient (Wildman–Crippen LogP) is -0.117. The quantitative estimate of drug-likeness (QED) is 0.288. The first-order chi connectivity index (χ1) is 12.8. The third-order valence-corrected chi connectivity index (χ3v) is 4.10. The summed E-state index contributed by atoms with van der Waals surface area (Å²) in [5.41, 5.74) is 0.0432. The minimum absolute atomic E-state index is 0. The van der Waals surface area contributed by atoms with Crippen LogP contribution >= 0.6 is 0 Å². The van der Waals surface area contributed by atoms with Gasteiger partial charge in [-0.25, -0.2) is 18.0 Å². The molecule has 144 valence electrons. The smallest absolute Gasteiger partial charge is 0.481 e. The molecule has 2 rings (SSSR count). The molecule has 0 aliphatic rings. The maximum absolute atomic E-state index is 12.0. The number of carbonyl (C=O) groups is 2. The summed E-state index contributed by atoms with van der Waals surface area (Å²) in [6.07, 6.45) is 0. The summed E-state index contributed by atoms with van der Waals surface area (Å²) in [5.74, 6) is -1.60. The average Bonchev–Trinajstić information content (AvgIpc) is 2.61. The Bertz CT molecular complexity index is 920. The molecule has 0 fully saturated rings. The summed E-state index contributed by atoms with van der Waals surface area (Å²) < 4.78 is 47.6. The number of carbonyl (C=O) groups excluding carboxylic acids is 2. The Hall–Kier alpha value is -1.91. The van der Waals surface area contributed by atoms with Crippen LogP contribution in [0.4, 0.5) is 0 Å². The molecule has 0 saturated heterocycles. The van der Waals surface area contributed by atoms with Crippen molar-refractivity contribution in [3.63, 3.8) is 0 Å². The molecular formula is C18H17NaO8S. The first kappa shape index (κ1) is 24.1. The third kappa shape index (κ3) is 6.32. The van der Waals surface area contributed by atoms with E-state index in [2.05, 4.69) is 6.07 Å². The van der Waals surface area contributed by atoms with Gasteiger partial charge in [0.15, 0.2) is 0 Å². The fourth-order valence-corrected chi connectivity index (χ4v) is 2.72. The van der Waals surface area contributed by atoms with Crippen LogP contribution < -0.4 is 34.3 Å². The van der Waals surface area contributed by atoms with Gasteiger partial charge in [0.05, 0.1) is 24.3 Å². The van der Waals surface area contributed by atoms with Gasteiger partial charge in [-0.15, -0.1) is 6.07 Å². The zero-order valence-electron chi connectivity index (χ0n) is 15.6. The Balaban J connectivity index is 0.00000392. The molecule has 0 aliphatic heterocycles. The number of hydrogen-bond donors (Lipinski definition) is 1. The fraction of sp³-hybridized carbons (Fsp3) is 0.222. The van der Waals surface area contributed by atoms with Crippen LogP contribution in [-0.4, -0.2) is 38.1 Å². The van der Waals surface area contributed by atoms with Crippen LogP contribution in [0.25, 0.3) is 0 Å². The van der Waals surface area contributed by atoms with Crippen LogP contribution in [0.5, 0.6) is 11.5 Å². The predicted molar refractivity (Wildman–Crippen MR) is 93.5 cm³/mol. The van der Waals surface area contributed by atoms with Crippen LogP contribution in [0.3, 0.4) is 0 Å². The van der Waals surface area contributed by atoms with Crippen LogP contribution in [0.15, 0.2) is 41.3 Å². The van der Waals surface area contributed by atoms with E-state index in [-0.39, 0.29) is 65.4 Å². The molecule has 0 aromatic heterocycles. The van der Waals surface area contributed by atoms with Crippen LogP contribution in [0, 0.1) is 6.07 Å². The molecule has 2 aromatic rings. The number of rotatable bonds is 7. The van der Waals surface area contributed by atoms with E-state index >= 15 is 0 Å². The second kappa shape index (κ2) is 10.6. The Labute approximate surface area is 184 Å². The van der Waals surface area contributed by atoms with Gasteiger partial charge < -0.3 is 14.2 Å². The van der Waals surface area contributed by atoms with Gasteiger partial charge in [-0.2, -0.15) is 18.2 Å². The Morgan fingerprint density at radius 2 is 1.57 bits per heavy atom. The van der Waals surface area contributed by atoms with Crippen molar-refractivity contribution in [2.45, 2.75) is 18.7 Å². The minimum atomic E-state index is -4.56. The van der Waals surface area contributed by atoms with E-state index in [0.717, 1.165) is 6.07 Å². The van der Waals surface area contributed by atoms with Crippen molar-refractivity contribution in [1.29, 1.82) is 0 Å². The van der Waals surface area contributed by atoms with E-state index in [4.69, 9.17) is 14.2 Å². The van der Waals surface area contributed by atoms with E-state index in [1.54, 1.807) is 13.8 Å². The number of esters is 2. The molecule has 0 saturated carbocycles. The molecule has 0 unspecified atom stereocenters. The first-order valence-corrected chi connectivity index (χ1v) is 9.35. The first-order valence-electron chi connectivity index (χ1n) is 7.91. The number of hydrogen-bond acceptors (Lipinski definition) is 7. The second-order valence-corrected chi connectivity index (χ2v) is 6.53. The van der Waals surface area contributed by atoms with Crippen LogP contribution in [0.1, 0.15) is 34.6 Å². The van der Waals surface area contributed by atoms with Gasteiger partial charge in [-0.1, -0.05) is 0 Å². The van der Waals surface area contributed by atoms with E-state index < -0.39 is 27.0 Å². The molecule has 1 N–H and O–H groups in total. The summed E-state index contributed by atoms with van der Waals surface area (Å²) >= 11 is 0. The largest absolute Gasteiger partial charge is 1.00 e. The summed E-state index contributed by atoms with van der Waals surface area (Å²) in [7, 11) is -4.56. The van der Waals surface area contributed by atoms with Crippen molar-refractivity contribution in [3.05, 3.63) is 53.6 Å². The number of ether oxygens (including phenoxy) is 3. The standard InChI is InChI=1S/C18H17O8S.Na/c1-3-24-17(19)12-9-13(18(20)25-4-2)11-14(10-12)26-15-7-5-6-8-16(15)27(21,22)23;/h5,7-11H,3-4H2,1-2H3,(H,21,22,23);/q-1;+1. The third-order valence-electron chi connectivity index (χ3n) is 3.22. The summed E-state index contributed by atoms with van der Waals surface area (Å²) in [4.78, 5) is 23.6. The SMILES string of the molecule is CCOC(=O)c1cc(Oc2cc[c-]cc2S(=O)(=O)O)cc(C(=O)OCC)c1.[Na+]. The number of benzene rings is 2. The molecule has 0 aliphatic carbocycles. The molecule has 0 bridgehead atoms. The molecule has 0 radical (unpaired) electrons. The summed E-state index contributed by atoms with van der Waals surface area (Å²) in [5, 5.41) is 0. The zero-order valence-corrected chi connectivity index (χ0v) is 18.4. The molecule has 8 nitrogen and oxygen atoms in total. The maximum atomic E-state index is 12.0. The van der Waals surface area contributed by atoms with Gasteiger partial charge in [0.25, 0.3) is 0 Å². The van der Waals surface area contributed by atoms with E-state index in [0.29, 0.717) is 0 Å². The molecule has 0 atom stereocenters. The minimum Gasteiger partial charge on any atom is -0.481 e. The molecule has 28 heavy (non-hydrogen) atoms. The van der Waals surface area contributed by atoms with Crippen molar-refractivity contribution in [3.8, 4) is 11.5 Å². The van der Waals surface area contributed by atoms with Crippen molar-refractivity contribution in [2.75, 3.05) is 13.2 Å². The molecule has 10 heteroatoms. The second-order valence-electron chi connectivity index (χ2n) is 5.14. The Kier molecular flexibility index (Phi) is 9.12. The summed E-state index contributed by atoms with van der Waals surface area (Å²) in [6.45, 7) is 3.51. The van der Waals surface area contributed by atoms with Crippen LogP contribution in [-0.2, 0) is 19.6 Å². The van der Waals surface area contributed by atoms with Gasteiger partial charge in [0.2, 0.25) is 10.1 Å².